The molecule has 0 amide bonds. The summed E-state index contributed by atoms with van der Waals surface area (Å²) < 4.78 is 0. The average molecular weight is 100 g/mol. The minimum atomic E-state index is 1.26. The van der Waals surface area contributed by atoms with Crippen LogP contribution in [0.1, 0.15) is 5.56 Å². The summed E-state index contributed by atoms with van der Waals surface area (Å²) in [6.45, 7) is 2.04. The van der Waals surface area contributed by atoms with Gasteiger partial charge in [-0.2, -0.15) is 0 Å². The number of nitrogens with zero attached hydrogens (tertiary/aromatic N) is 1. The molecule has 0 aliphatic heterocycles. The van der Waals surface area contributed by atoms with E-state index in [0.717, 1.165) is 0 Å². The van der Waals surface area contributed by atoms with Gasteiger partial charge in [0, 0.05) is 12.4 Å². The molecule has 0 saturated heterocycles. The Balaban J connectivity index is 3.02. The van der Waals surface area contributed by atoms with E-state index in [9.17, 15) is 0 Å². The molecule has 0 atom stereocenters. The molecule has 0 fully saturated rings. The highest BCUT2D eigenvalue weighted by molar-refractivity contribution is 5.05. The lowest BCUT2D eigenvalue weighted by atomic mass is 11.3. The number of hydrogen-bond donors (Lipinski definition) is 0. The molecule has 36 valence electrons. The Bertz CT molecular complexity index is 134. The number of rotatable bonds is 0. The quantitative estimate of drug-likeness (QED) is 0.449. The van der Waals surface area contributed by atoms with Gasteiger partial charge in [-0.05, 0) is 24.6 Å². The minimum Gasteiger partial charge on any atom is -0.265 e. The largest absolute Gasteiger partial charge is 0.265 e. The van der Waals surface area contributed by atoms with Gasteiger partial charge in [0.05, 0.1) is 0 Å². The van der Waals surface area contributed by atoms with Gasteiger partial charge in [-0.15, -0.1) is 0 Å². The summed E-state index contributed by atoms with van der Waals surface area (Å²) in [6.07, 6.45) is 3.57. The number of hydrogen-bond acceptors (Lipinski definition) is 1. The van der Waals surface area contributed by atoms with Crippen molar-refractivity contribution in [3.8, 4) is 0 Å². The van der Waals surface area contributed by atoms with Crippen molar-refractivity contribution >= 4 is 0 Å². The number of aryl methyl sites for hydroxylation is 1. The molecule has 1 aromatic rings. The van der Waals surface area contributed by atoms with Gasteiger partial charge >= 0.3 is 0 Å². The summed E-state index contributed by atoms with van der Waals surface area (Å²) in [6, 6.07) is 3.94. The molecule has 0 bridgehead atoms. The van der Waals surface area contributed by atoms with Crippen molar-refractivity contribution < 1.29 is 0 Å². The van der Waals surface area contributed by atoms with Crippen molar-refractivity contribution in [3.05, 3.63) is 30.1 Å². The predicted molar refractivity (Wildman–Crippen MR) is 29.0 cm³/mol. The molecule has 0 radical (unpaired) electrons. The fourth-order valence-electron chi connectivity index (χ4n) is 0.426. The monoisotopic (exact) mass is 100 g/mol. The summed E-state index contributed by atoms with van der Waals surface area (Å²) in [5.74, 6) is 0. The van der Waals surface area contributed by atoms with Gasteiger partial charge in [-0.1, -0.05) is 0 Å². The zero-order chi connectivity index (χ0) is 5.11. The van der Waals surface area contributed by atoms with Crippen LogP contribution in [-0.4, -0.2) is 4.98 Å². The second-order valence-electron chi connectivity index (χ2n) is 1.52. The molecule has 1 heteroatoms. The fraction of sp³-hybridized carbons (Fsp3) is 0.167. The lowest BCUT2D eigenvalue weighted by Gasteiger charge is -1.82. The van der Waals surface area contributed by atoms with E-state index in [1.54, 1.807) is 12.4 Å². The topological polar surface area (TPSA) is 12.9 Å². The Hall–Kier alpha value is -0.850. The maximum Gasteiger partial charge on any atom is 0.0270 e. The van der Waals surface area contributed by atoms with Crippen LogP contribution in [0, 0.1) is 6.92 Å². The summed E-state index contributed by atoms with van der Waals surface area (Å²) in [5.41, 5.74) is 1.26. The van der Waals surface area contributed by atoms with E-state index in [0.29, 0.717) is 0 Å². The van der Waals surface area contributed by atoms with Gasteiger partial charge in [0.1, 0.15) is 0 Å². The van der Waals surface area contributed by atoms with E-state index in [1.165, 1.54) is 5.56 Å². The van der Waals surface area contributed by atoms with Crippen LogP contribution in [-0.2, 0) is 0 Å². The van der Waals surface area contributed by atoms with E-state index in [-0.39, 0.29) is 0 Å². The Labute approximate surface area is 43.0 Å². The minimum absolute atomic E-state index is 1.26. The first-order chi connectivity index (χ1) is 3.39. The van der Waals surface area contributed by atoms with E-state index < -0.39 is 0 Å². The molecule has 0 aliphatic rings. The zero-order valence-corrected chi connectivity index (χ0v) is 4.26. The number of aromatic nitrogens is 1. The number of pyridine rings is 1. The van der Waals surface area contributed by atoms with Crippen LogP contribution in [0.3, 0.4) is 0 Å². The first-order valence-electron chi connectivity index (χ1n) is 2.26. The van der Waals surface area contributed by atoms with Crippen molar-refractivity contribution in [1.29, 1.82) is 0 Å². The summed E-state index contributed by atoms with van der Waals surface area (Å²) in [5, 5.41) is 0. The van der Waals surface area contributed by atoms with E-state index in [2.05, 4.69) is 4.98 Å². The van der Waals surface area contributed by atoms with Crippen molar-refractivity contribution in [2.24, 2.45) is 0 Å². The van der Waals surface area contributed by atoms with E-state index >= 15 is 0 Å². The highest BCUT2D eigenvalue weighted by Crippen LogP contribution is 1.88. The first kappa shape index (κ1) is 4.31. The van der Waals surface area contributed by atoms with E-state index in [4.69, 9.17) is 0 Å². The summed E-state index contributed by atoms with van der Waals surface area (Å²) >= 11 is 0. The standard InChI is InChI=1S/C6H7N/c1-6-2-4-7-5-3-6/h2-5H,1H3/i1+1,2+1,3+1,4+1,5+1,6+1,7+1. The highest BCUT2D eigenvalue weighted by Gasteiger charge is 1.72. The summed E-state index contributed by atoms with van der Waals surface area (Å²) in [4.78, 5) is 3.85. The maximum absolute atomic E-state index is 3.85. The second kappa shape index (κ2) is 1.73. The lowest BCUT2D eigenvalue weighted by molar-refractivity contribution is 1.29. The predicted octanol–water partition coefficient (Wildman–Crippen LogP) is 1.39. The van der Waals surface area contributed by atoms with Crippen molar-refractivity contribution in [2.75, 3.05) is 0 Å². The maximum atomic E-state index is 3.85. The highest BCUT2D eigenvalue weighted by atomic mass is 15.6. The molecule has 0 aliphatic carbocycles. The van der Waals surface area contributed by atoms with Crippen LogP contribution in [0.2, 0.25) is 0 Å². The van der Waals surface area contributed by atoms with Crippen LogP contribution >= 0.6 is 0 Å². The fourth-order valence-corrected chi connectivity index (χ4v) is 0.426. The molecular formula is C6H7N. The smallest absolute Gasteiger partial charge is 0.0270 e. The normalized spacial score (nSPS) is 8.71. The second-order valence-corrected chi connectivity index (χ2v) is 1.52. The molecule has 0 N–H and O–H groups in total. The Morgan fingerprint density at radius 3 is 2.14 bits per heavy atom. The molecule has 0 aromatic carbocycles. The third-order valence-electron chi connectivity index (χ3n) is 0.847. The Morgan fingerprint density at radius 2 is 1.86 bits per heavy atom. The zero-order valence-electron chi connectivity index (χ0n) is 4.26. The van der Waals surface area contributed by atoms with Gasteiger partial charge in [-0.25, -0.2) is 0 Å². The first-order valence-corrected chi connectivity index (χ1v) is 2.26. The molecular weight excluding hydrogens is 93.0 g/mol. The van der Waals surface area contributed by atoms with Crippen LogP contribution in [0.4, 0.5) is 0 Å². The molecule has 0 unspecified atom stereocenters. The molecule has 1 aromatic heterocycles. The Morgan fingerprint density at radius 1 is 1.29 bits per heavy atom. The van der Waals surface area contributed by atoms with Crippen molar-refractivity contribution in [1.82, 2.24) is 4.98 Å². The summed E-state index contributed by atoms with van der Waals surface area (Å²) in [7, 11) is 0. The molecule has 1 rings (SSSR count). The van der Waals surface area contributed by atoms with Crippen molar-refractivity contribution in [3.63, 3.8) is 0 Å². The molecule has 7 heavy (non-hydrogen) atoms. The van der Waals surface area contributed by atoms with Gasteiger partial charge in [0.2, 0.25) is 0 Å². The van der Waals surface area contributed by atoms with Crippen LogP contribution in [0.5, 0.6) is 0 Å². The molecule has 0 saturated carbocycles. The molecule has 1 nitrogen and oxygen atoms in total. The lowest BCUT2D eigenvalue weighted by Crippen LogP contribution is -1.68. The third-order valence-corrected chi connectivity index (χ3v) is 0.847. The van der Waals surface area contributed by atoms with Crippen molar-refractivity contribution in [2.45, 2.75) is 6.92 Å². The SMILES string of the molecule is [13CH3][13c]1[13cH][13cH][15n][13cH][13cH]1. The van der Waals surface area contributed by atoms with E-state index in [1.807, 2.05) is 19.1 Å². The van der Waals surface area contributed by atoms with Gasteiger partial charge in [0.15, 0.2) is 0 Å². The Kier molecular flexibility index (Phi) is 1.07. The molecule has 0 spiro atoms. The average Bonchev–Trinajstić information content (AvgIpc) is 1.69. The molecule has 1 heterocycles. The van der Waals surface area contributed by atoms with Crippen LogP contribution in [0.15, 0.2) is 24.5 Å². The van der Waals surface area contributed by atoms with Gasteiger partial charge in [-0.3, -0.25) is 4.98 Å². The third kappa shape index (κ3) is 1.000. The van der Waals surface area contributed by atoms with Gasteiger partial charge < -0.3 is 0 Å². The van der Waals surface area contributed by atoms with Gasteiger partial charge in [0.25, 0.3) is 0 Å². The van der Waals surface area contributed by atoms with Crippen LogP contribution < -0.4 is 0 Å². The van der Waals surface area contributed by atoms with Crippen LogP contribution in [0.25, 0.3) is 0 Å².